The average molecular weight is 227 g/mol. The van der Waals surface area contributed by atoms with Gasteiger partial charge < -0.3 is 0 Å². The summed E-state index contributed by atoms with van der Waals surface area (Å²) in [6, 6.07) is 6.28. The van der Waals surface area contributed by atoms with E-state index in [9.17, 15) is 0 Å². The summed E-state index contributed by atoms with van der Waals surface area (Å²) in [6.45, 7) is 10.1. The highest BCUT2D eigenvalue weighted by Crippen LogP contribution is 2.43. The van der Waals surface area contributed by atoms with Gasteiger partial charge in [-0.05, 0) is 37.3 Å². The van der Waals surface area contributed by atoms with Crippen LogP contribution in [-0.4, -0.2) is 0 Å². The summed E-state index contributed by atoms with van der Waals surface area (Å²) in [5.74, 6) is 0.766. The lowest BCUT2D eigenvalue weighted by Gasteiger charge is -2.02. The van der Waals surface area contributed by atoms with E-state index >= 15 is 0 Å². The third kappa shape index (κ3) is 4.70. The van der Waals surface area contributed by atoms with E-state index < -0.39 is 0 Å². The van der Waals surface area contributed by atoms with Gasteiger partial charge >= 0.3 is 0 Å². The van der Waals surface area contributed by atoms with Crippen LogP contribution in [0.25, 0.3) is 0 Å². The second-order valence-corrected chi connectivity index (χ2v) is 3.71. The van der Waals surface area contributed by atoms with Crippen molar-refractivity contribution in [2.75, 3.05) is 0 Å². The highest BCUT2D eigenvalue weighted by Gasteiger charge is 2.25. The molecule has 1 aliphatic rings. The molecular formula is C14H23Cl. The number of hydrogen-bond donors (Lipinski definition) is 0. The van der Waals surface area contributed by atoms with Crippen molar-refractivity contribution in [1.82, 2.24) is 0 Å². The molecule has 1 aliphatic carbocycles. The van der Waals surface area contributed by atoms with Crippen LogP contribution in [0.15, 0.2) is 18.2 Å². The van der Waals surface area contributed by atoms with Crippen LogP contribution in [0, 0.1) is 6.92 Å². The smallest absolute Gasteiger partial charge is 0.0441 e. The Morgan fingerprint density at radius 3 is 2.07 bits per heavy atom. The summed E-state index contributed by atoms with van der Waals surface area (Å²) >= 11 is 6.03. The van der Waals surface area contributed by atoms with Crippen LogP contribution in [-0.2, 0) is 0 Å². The molecule has 0 aromatic heterocycles. The van der Waals surface area contributed by atoms with Gasteiger partial charge in [0.15, 0.2) is 0 Å². The Kier molecular flexibility index (Phi) is 7.50. The maximum atomic E-state index is 6.03. The molecule has 15 heavy (non-hydrogen) atoms. The third-order valence-electron chi connectivity index (χ3n) is 2.17. The molecule has 1 heteroatoms. The first-order valence-corrected chi connectivity index (χ1v) is 6.41. The van der Waals surface area contributed by atoms with Gasteiger partial charge in [0.2, 0.25) is 0 Å². The van der Waals surface area contributed by atoms with Crippen molar-refractivity contribution in [3.63, 3.8) is 0 Å². The van der Waals surface area contributed by atoms with Crippen molar-refractivity contribution in [3.8, 4) is 0 Å². The van der Waals surface area contributed by atoms with Gasteiger partial charge in [0.1, 0.15) is 0 Å². The number of halogens is 1. The molecule has 1 fully saturated rings. The first kappa shape index (κ1) is 14.5. The zero-order valence-electron chi connectivity index (χ0n) is 10.6. The fourth-order valence-electron chi connectivity index (χ4n) is 1.37. The Balaban J connectivity index is 0.000000442. The van der Waals surface area contributed by atoms with Crippen molar-refractivity contribution >= 4 is 11.6 Å². The highest BCUT2D eigenvalue weighted by atomic mass is 35.5. The number of aryl methyl sites for hydroxylation is 1. The summed E-state index contributed by atoms with van der Waals surface area (Å²) in [5.41, 5.74) is 2.67. The lowest BCUT2D eigenvalue weighted by Crippen LogP contribution is -1.82. The van der Waals surface area contributed by atoms with Gasteiger partial charge in [0.25, 0.3) is 0 Å². The predicted molar refractivity (Wildman–Crippen MR) is 70.9 cm³/mol. The largest absolute Gasteiger partial charge is 0.0840 e. The first-order chi connectivity index (χ1) is 7.27. The fraction of sp³-hybridized carbons (Fsp3) is 0.571. The Morgan fingerprint density at radius 1 is 1.07 bits per heavy atom. The molecule has 0 atom stereocenters. The Bertz CT molecular complexity index is 275. The van der Waals surface area contributed by atoms with Crippen LogP contribution in [0.3, 0.4) is 0 Å². The van der Waals surface area contributed by atoms with Gasteiger partial charge in [-0.15, -0.1) is 0 Å². The number of benzene rings is 1. The molecule has 0 spiro atoms. The topological polar surface area (TPSA) is 0 Å². The minimum Gasteiger partial charge on any atom is -0.0840 e. The summed E-state index contributed by atoms with van der Waals surface area (Å²) in [7, 11) is 0. The third-order valence-corrected chi connectivity index (χ3v) is 2.51. The standard InChI is InChI=1S/C10H11Cl.2C2H6/c1-7-2-5-10(11)9(6-7)8-3-4-8;2*1-2/h2,5-6,8H,3-4H2,1H3;2*1-2H3. The van der Waals surface area contributed by atoms with Gasteiger partial charge in [-0.1, -0.05) is 57.0 Å². The second kappa shape index (κ2) is 7.76. The molecule has 0 saturated heterocycles. The molecule has 1 aromatic rings. The van der Waals surface area contributed by atoms with Crippen molar-refractivity contribution in [1.29, 1.82) is 0 Å². The van der Waals surface area contributed by atoms with E-state index in [0.29, 0.717) is 0 Å². The minimum absolute atomic E-state index is 0.766. The summed E-state index contributed by atoms with van der Waals surface area (Å²) < 4.78 is 0. The molecule has 86 valence electrons. The van der Waals surface area contributed by atoms with E-state index in [-0.39, 0.29) is 0 Å². The van der Waals surface area contributed by atoms with Crippen molar-refractivity contribution in [3.05, 3.63) is 34.3 Å². The zero-order chi connectivity index (χ0) is 11.8. The summed E-state index contributed by atoms with van der Waals surface area (Å²) in [4.78, 5) is 0. The van der Waals surface area contributed by atoms with E-state index in [1.54, 1.807) is 0 Å². The quantitative estimate of drug-likeness (QED) is 0.587. The Morgan fingerprint density at radius 2 is 1.60 bits per heavy atom. The van der Waals surface area contributed by atoms with Gasteiger partial charge in [-0.25, -0.2) is 0 Å². The minimum atomic E-state index is 0.766. The van der Waals surface area contributed by atoms with E-state index in [1.807, 2.05) is 33.8 Å². The summed E-state index contributed by atoms with van der Waals surface area (Å²) in [5, 5.41) is 0.943. The SMILES string of the molecule is CC.CC.Cc1ccc(Cl)c(C2CC2)c1. The second-order valence-electron chi connectivity index (χ2n) is 3.30. The summed E-state index contributed by atoms with van der Waals surface area (Å²) in [6.07, 6.45) is 2.65. The Hall–Kier alpha value is -0.490. The number of rotatable bonds is 1. The van der Waals surface area contributed by atoms with Crippen LogP contribution in [0.2, 0.25) is 5.02 Å². The lowest BCUT2D eigenvalue weighted by atomic mass is 10.1. The molecule has 1 aromatic carbocycles. The van der Waals surface area contributed by atoms with Crippen molar-refractivity contribution in [2.45, 2.75) is 53.4 Å². The highest BCUT2D eigenvalue weighted by molar-refractivity contribution is 6.31. The molecule has 2 rings (SSSR count). The maximum absolute atomic E-state index is 6.03. The first-order valence-electron chi connectivity index (χ1n) is 6.03. The zero-order valence-corrected chi connectivity index (χ0v) is 11.4. The molecular weight excluding hydrogens is 204 g/mol. The lowest BCUT2D eigenvalue weighted by molar-refractivity contribution is 1.12. The van der Waals surface area contributed by atoms with Crippen LogP contribution in [0.1, 0.15) is 57.6 Å². The number of hydrogen-bond acceptors (Lipinski definition) is 0. The Labute approximate surface area is 99.7 Å². The van der Waals surface area contributed by atoms with Crippen LogP contribution >= 0.6 is 11.6 Å². The molecule has 0 unspecified atom stereocenters. The van der Waals surface area contributed by atoms with E-state index in [1.165, 1.54) is 24.0 Å². The normalized spacial score (nSPS) is 13.2. The van der Waals surface area contributed by atoms with Gasteiger partial charge in [0.05, 0.1) is 0 Å². The molecule has 0 N–H and O–H groups in total. The molecule has 0 amide bonds. The maximum Gasteiger partial charge on any atom is 0.0441 e. The monoisotopic (exact) mass is 226 g/mol. The van der Waals surface area contributed by atoms with Crippen LogP contribution < -0.4 is 0 Å². The molecule has 1 saturated carbocycles. The van der Waals surface area contributed by atoms with Gasteiger partial charge in [0, 0.05) is 5.02 Å². The van der Waals surface area contributed by atoms with Crippen molar-refractivity contribution < 1.29 is 0 Å². The molecule has 0 heterocycles. The van der Waals surface area contributed by atoms with Crippen LogP contribution in [0.5, 0.6) is 0 Å². The van der Waals surface area contributed by atoms with Gasteiger partial charge in [-0.3, -0.25) is 0 Å². The van der Waals surface area contributed by atoms with Gasteiger partial charge in [-0.2, -0.15) is 0 Å². The van der Waals surface area contributed by atoms with E-state index in [2.05, 4.69) is 19.1 Å². The molecule has 0 radical (unpaired) electrons. The van der Waals surface area contributed by atoms with E-state index in [4.69, 9.17) is 11.6 Å². The molecule has 0 aliphatic heterocycles. The molecule has 0 nitrogen and oxygen atoms in total. The van der Waals surface area contributed by atoms with E-state index in [0.717, 1.165) is 10.9 Å². The van der Waals surface area contributed by atoms with Crippen LogP contribution in [0.4, 0.5) is 0 Å². The fourth-order valence-corrected chi connectivity index (χ4v) is 1.64. The average Bonchev–Trinajstić information content (AvgIpc) is 3.11. The predicted octanol–water partition coefficient (Wildman–Crippen LogP) is 5.58. The molecule has 0 bridgehead atoms. The van der Waals surface area contributed by atoms with Crippen molar-refractivity contribution in [2.24, 2.45) is 0 Å².